The molecule has 3 aromatic rings. The molecule has 0 bridgehead atoms. The number of carbonyl (C=O) groups excluding carboxylic acids is 2. The van der Waals surface area contributed by atoms with Crippen LogP contribution in [0, 0.1) is 0 Å². The predicted molar refractivity (Wildman–Crippen MR) is 78.9 cm³/mol. The lowest BCUT2D eigenvalue weighted by atomic mass is 10.1. The predicted octanol–water partition coefficient (Wildman–Crippen LogP) is 1.37. The molecule has 2 heterocycles. The van der Waals surface area contributed by atoms with E-state index in [-0.39, 0.29) is 11.4 Å². The highest BCUT2D eigenvalue weighted by Gasteiger charge is 2.37. The number of amides is 2. The maximum atomic E-state index is 12.5. The zero-order valence-corrected chi connectivity index (χ0v) is 11.6. The maximum Gasteiger partial charge on any atom is 0.266 e. The summed E-state index contributed by atoms with van der Waals surface area (Å²) in [6.07, 6.45) is 0. The summed E-state index contributed by atoms with van der Waals surface area (Å²) in [5.74, 6) is -0.855. The van der Waals surface area contributed by atoms with E-state index in [1.165, 1.54) is 12.1 Å². The first-order valence-electron chi connectivity index (χ1n) is 6.71. The molecule has 2 N–H and O–H groups in total. The second-order valence-electron chi connectivity index (χ2n) is 4.93. The van der Waals surface area contributed by atoms with Crippen LogP contribution in [-0.4, -0.2) is 37.5 Å². The number of fused-ring (bicyclic) bond motifs is 1. The number of nitrogens with zero attached hydrogens (tertiary/aromatic N) is 4. The topological polar surface area (TPSA) is 112 Å². The number of aromatic hydroxyl groups is 1. The lowest BCUT2D eigenvalue weighted by Gasteiger charge is -2.16. The Labute approximate surface area is 129 Å². The second-order valence-corrected chi connectivity index (χ2v) is 4.93. The van der Waals surface area contributed by atoms with Crippen molar-refractivity contribution in [3.63, 3.8) is 0 Å². The van der Waals surface area contributed by atoms with Crippen molar-refractivity contribution in [3.05, 3.63) is 53.6 Å². The third-order valence-electron chi connectivity index (χ3n) is 3.61. The lowest BCUT2D eigenvalue weighted by molar-refractivity contribution is 0.0925. The third-order valence-corrected chi connectivity index (χ3v) is 3.61. The number of H-pyrrole nitrogens is 1. The molecule has 2 aromatic carbocycles. The molecule has 23 heavy (non-hydrogen) atoms. The Morgan fingerprint density at radius 3 is 2.30 bits per heavy atom. The van der Waals surface area contributed by atoms with Crippen LogP contribution in [0.5, 0.6) is 5.75 Å². The van der Waals surface area contributed by atoms with E-state index in [0.29, 0.717) is 22.5 Å². The Morgan fingerprint density at radius 2 is 1.70 bits per heavy atom. The van der Waals surface area contributed by atoms with E-state index in [1.54, 1.807) is 30.3 Å². The molecule has 0 atom stereocenters. The summed E-state index contributed by atoms with van der Waals surface area (Å²) in [6.45, 7) is 0. The van der Waals surface area contributed by atoms with Gasteiger partial charge in [-0.1, -0.05) is 12.1 Å². The van der Waals surface area contributed by atoms with Crippen LogP contribution in [0.15, 0.2) is 42.5 Å². The summed E-state index contributed by atoms with van der Waals surface area (Å²) in [7, 11) is 0. The van der Waals surface area contributed by atoms with Crippen LogP contribution in [0.1, 0.15) is 20.7 Å². The summed E-state index contributed by atoms with van der Waals surface area (Å²) in [6, 6.07) is 11.0. The van der Waals surface area contributed by atoms with E-state index in [4.69, 9.17) is 0 Å². The van der Waals surface area contributed by atoms with Crippen LogP contribution in [0.4, 0.5) is 5.69 Å². The first-order valence-corrected chi connectivity index (χ1v) is 6.71. The van der Waals surface area contributed by atoms with Gasteiger partial charge in [-0.25, -0.2) is 4.90 Å². The van der Waals surface area contributed by atoms with Crippen molar-refractivity contribution in [1.82, 2.24) is 20.6 Å². The van der Waals surface area contributed by atoms with Crippen molar-refractivity contribution in [2.75, 3.05) is 4.90 Å². The zero-order chi connectivity index (χ0) is 16.0. The van der Waals surface area contributed by atoms with Crippen LogP contribution < -0.4 is 4.90 Å². The first-order chi connectivity index (χ1) is 11.2. The molecule has 0 unspecified atom stereocenters. The number of carbonyl (C=O) groups is 2. The van der Waals surface area contributed by atoms with Gasteiger partial charge in [0.2, 0.25) is 5.82 Å². The fraction of sp³-hybridized carbons (Fsp3) is 0. The molecule has 0 radical (unpaired) electrons. The van der Waals surface area contributed by atoms with Gasteiger partial charge < -0.3 is 5.11 Å². The highest BCUT2D eigenvalue weighted by atomic mass is 16.3. The van der Waals surface area contributed by atoms with Gasteiger partial charge in [0.25, 0.3) is 11.8 Å². The van der Waals surface area contributed by atoms with Gasteiger partial charge in [-0.05, 0) is 35.5 Å². The quantitative estimate of drug-likeness (QED) is 0.692. The number of aromatic nitrogens is 4. The van der Waals surface area contributed by atoms with E-state index in [0.717, 1.165) is 4.90 Å². The van der Waals surface area contributed by atoms with Crippen molar-refractivity contribution in [1.29, 1.82) is 0 Å². The maximum absolute atomic E-state index is 12.5. The molecule has 0 aliphatic carbocycles. The first kappa shape index (κ1) is 13.1. The van der Waals surface area contributed by atoms with E-state index in [9.17, 15) is 14.7 Å². The number of tetrazole rings is 1. The Hall–Kier alpha value is -3.55. The molecule has 8 heteroatoms. The molecule has 0 fully saturated rings. The number of rotatable bonds is 2. The normalized spacial score (nSPS) is 13.5. The standard InChI is InChI=1S/C15H9N5O3/c21-12-6-5-8(13-16-18-19-17-13)7-11(12)20-14(22)9-3-1-2-4-10(9)15(20)23/h1-7,21H,(H,16,17,18,19). The molecule has 1 aliphatic rings. The monoisotopic (exact) mass is 307 g/mol. The molecule has 1 aliphatic heterocycles. The van der Waals surface area contributed by atoms with Gasteiger partial charge in [0.05, 0.1) is 16.8 Å². The minimum atomic E-state index is -0.480. The SMILES string of the molecule is O=C1c2ccccc2C(=O)N1c1cc(-c2nn[nH]n2)ccc1O. The molecular weight excluding hydrogens is 298 g/mol. The van der Waals surface area contributed by atoms with Gasteiger partial charge in [-0.15, -0.1) is 10.2 Å². The molecule has 8 nitrogen and oxygen atoms in total. The number of phenolic OH excluding ortho intramolecular Hbond substituents is 1. The summed E-state index contributed by atoms with van der Waals surface area (Å²) in [5.41, 5.74) is 1.21. The van der Waals surface area contributed by atoms with Crippen molar-refractivity contribution in [3.8, 4) is 17.1 Å². The zero-order valence-electron chi connectivity index (χ0n) is 11.6. The number of hydrogen-bond donors (Lipinski definition) is 2. The smallest absolute Gasteiger partial charge is 0.266 e. The van der Waals surface area contributed by atoms with Crippen molar-refractivity contribution >= 4 is 17.5 Å². The summed E-state index contributed by atoms with van der Waals surface area (Å²) in [4.78, 5) is 26.0. The van der Waals surface area contributed by atoms with E-state index in [2.05, 4.69) is 20.6 Å². The van der Waals surface area contributed by atoms with Gasteiger partial charge in [0, 0.05) is 5.56 Å². The Bertz CT molecular complexity index is 901. The van der Waals surface area contributed by atoms with Crippen LogP contribution in [0.3, 0.4) is 0 Å². The van der Waals surface area contributed by atoms with Crippen LogP contribution in [0.25, 0.3) is 11.4 Å². The summed E-state index contributed by atoms with van der Waals surface area (Å²) in [5, 5.41) is 23.6. The largest absolute Gasteiger partial charge is 0.506 e. The Morgan fingerprint density at radius 1 is 1.00 bits per heavy atom. The van der Waals surface area contributed by atoms with Crippen LogP contribution in [0.2, 0.25) is 0 Å². The number of hydrogen-bond acceptors (Lipinski definition) is 6. The average Bonchev–Trinajstić information content (AvgIpc) is 3.18. The molecule has 0 saturated heterocycles. The minimum Gasteiger partial charge on any atom is -0.506 e. The number of benzene rings is 2. The van der Waals surface area contributed by atoms with Gasteiger partial charge in [0.1, 0.15) is 5.75 Å². The molecule has 2 amide bonds. The van der Waals surface area contributed by atoms with E-state index in [1.807, 2.05) is 0 Å². The number of imide groups is 1. The number of nitrogens with one attached hydrogen (secondary N) is 1. The molecule has 0 saturated carbocycles. The van der Waals surface area contributed by atoms with Gasteiger partial charge >= 0.3 is 0 Å². The number of phenols is 1. The minimum absolute atomic E-state index is 0.0819. The fourth-order valence-electron chi connectivity index (χ4n) is 2.53. The van der Waals surface area contributed by atoms with Crippen molar-refractivity contribution in [2.24, 2.45) is 0 Å². The number of aromatic amines is 1. The Balaban J connectivity index is 1.84. The second kappa shape index (κ2) is 4.73. The van der Waals surface area contributed by atoms with Crippen molar-refractivity contribution < 1.29 is 14.7 Å². The highest BCUT2D eigenvalue weighted by molar-refractivity contribution is 6.34. The Kier molecular flexibility index (Phi) is 2.70. The molecule has 112 valence electrons. The van der Waals surface area contributed by atoms with Crippen molar-refractivity contribution in [2.45, 2.75) is 0 Å². The lowest BCUT2D eigenvalue weighted by Crippen LogP contribution is -2.29. The van der Waals surface area contributed by atoms with Crippen LogP contribution >= 0.6 is 0 Å². The van der Waals surface area contributed by atoms with E-state index < -0.39 is 11.8 Å². The number of anilines is 1. The van der Waals surface area contributed by atoms with Gasteiger partial charge in [0.15, 0.2) is 0 Å². The third kappa shape index (κ3) is 1.89. The highest BCUT2D eigenvalue weighted by Crippen LogP contribution is 2.36. The molecule has 0 spiro atoms. The summed E-state index contributed by atoms with van der Waals surface area (Å²) >= 11 is 0. The molecule has 4 rings (SSSR count). The fourth-order valence-corrected chi connectivity index (χ4v) is 2.53. The van der Waals surface area contributed by atoms with Gasteiger partial charge in [-0.2, -0.15) is 5.21 Å². The average molecular weight is 307 g/mol. The van der Waals surface area contributed by atoms with Crippen LogP contribution in [-0.2, 0) is 0 Å². The van der Waals surface area contributed by atoms with E-state index >= 15 is 0 Å². The molecule has 1 aromatic heterocycles. The molecular formula is C15H9N5O3. The summed E-state index contributed by atoms with van der Waals surface area (Å²) < 4.78 is 0. The van der Waals surface area contributed by atoms with Gasteiger partial charge in [-0.3, -0.25) is 9.59 Å².